The Bertz CT molecular complexity index is 1050. The van der Waals surface area contributed by atoms with E-state index in [-0.39, 0.29) is 23.7 Å². The van der Waals surface area contributed by atoms with E-state index < -0.39 is 17.5 Å². The van der Waals surface area contributed by atoms with Gasteiger partial charge in [-0.25, -0.2) is 9.59 Å². The van der Waals surface area contributed by atoms with Gasteiger partial charge in [0.25, 0.3) is 0 Å². The normalized spacial score (nSPS) is 11.0. The zero-order chi connectivity index (χ0) is 28.4. The molecule has 1 amide bonds. The first kappa shape index (κ1) is 33.7. The van der Waals surface area contributed by atoms with Gasteiger partial charge in [-0.2, -0.15) is 0 Å². The summed E-state index contributed by atoms with van der Waals surface area (Å²) in [6.07, 6.45) is 7.84. The highest BCUT2D eigenvalue weighted by Crippen LogP contribution is 2.25. The smallest absolute Gasteiger partial charge is 0.410 e. The van der Waals surface area contributed by atoms with Crippen molar-refractivity contribution in [2.75, 3.05) is 7.11 Å². The fraction of sp³-hybridized carbons (Fsp3) is 0.500. The number of nitrogens with one attached hydrogen (secondary N) is 1. The molecule has 2 aromatic rings. The number of benzene rings is 1. The summed E-state index contributed by atoms with van der Waals surface area (Å²) in [5.74, 6) is -0.623. The number of Topliss-reactive ketones (excluding diaryl/α,β-unsaturated/α-hetero) is 1. The maximum Gasteiger partial charge on any atom is 0.410 e. The number of amides is 1. The number of hydrogen-bond acceptors (Lipinski definition) is 6. The molecule has 0 aliphatic carbocycles. The number of ketones is 1. The van der Waals surface area contributed by atoms with Crippen LogP contribution in [0.15, 0.2) is 45.8 Å². The van der Waals surface area contributed by atoms with Crippen molar-refractivity contribution < 1.29 is 23.8 Å². The Morgan fingerprint density at radius 1 is 1.14 bits per heavy atom. The lowest BCUT2D eigenvalue weighted by molar-refractivity contribution is 0.0980. The fourth-order valence-corrected chi connectivity index (χ4v) is 3.27. The standard InChI is InChI=1S/C16H21NO6.C12H18.C2H6/c1-4-11(18)14-12(19)9-13(23-15(14)20)10(2)7-5-6-8-17-16(21)22-3;1-4-5-6-12-8-7-10(2)11(3)9-12;1-2/h6,8-10,19H,4-5,7H2,1-3H3,(H,17,21);7-9H,4-6H2,1-3H3;1-2H3/b8-6+;;. The lowest BCUT2D eigenvalue weighted by Gasteiger charge is -2.10. The van der Waals surface area contributed by atoms with Gasteiger partial charge in [0.1, 0.15) is 17.1 Å². The van der Waals surface area contributed by atoms with Crippen LogP contribution in [0.25, 0.3) is 0 Å². The number of aryl methyl sites for hydroxylation is 3. The van der Waals surface area contributed by atoms with Gasteiger partial charge in [-0.1, -0.05) is 65.3 Å². The van der Waals surface area contributed by atoms with Gasteiger partial charge in [0.15, 0.2) is 5.78 Å². The fourth-order valence-electron chi connectivity index (χ4n) is 3.27. The van der Waals surface area contributed by atoms with Gasteiger partial charge in [-0.3, -0.25) is 10.1 Å². The van der Waals surface area contributed by atoms with Crippen LogP contribution in [0.5, 0.6) is 5.75 Å². The average Bonchev–Trinajstić information content (AvgIpc) is 2.89. The Morgan fingerprint density at radius 2 is 1.81 bits per heavy atom. The van der Waals surface area contributed by atoms with E-state index in [1.165, 1.54) is 55.3 Å². The molecule has 7 heteroatoms. The number of hydrogen-bond donors (Lipinski definition) is 2. The van der Waals surface area contributed by atoms with Crippen molar-refractivity contribution in [2.45, 2.75) is 92.9 Å². The third-order valence-electron chi connectivity index (χ3n) is 5.70. The molecule has 1 atom stereocenters. The number of allylic oxidation sites excluding steroid dienone is 1. The third-order valence-corrected chi connectivity index (χ3v) is 5.70. The van der Waals surface area contributed by atoms with Crippen LogP contribution in [-0.4, -0.2) is 24.1 Å². The van der Waals surface area contributed by atoms with Crippen molar-refractivity contribution in [3.8, 4) is 5.75 Å². The van der Waals surface area contributed by atoms with Crippen LogP contribution in [0.1, 0.15) is 105 Å². The predicted octanol–water partition coefficient (Wildman–Crippen LogP) is 7.36. The van der Waals surface area contributed by atoms with Crippen LogP contribution >= 0.6 is 0 Å². The summed E-state index contributed by atoms with van der Waals surface area (Å²) in [7, 11) is 1.27. The van der Waals surface area contributed by atoms with E-state index in [1.807, 2.05) is 20.8 Å². The van der Waals surface area contributed by atoms with Crippen LogP contribution in [-0.2, 0) is 11.2 Å². The maximum absolute atomic E-state index is 11.8. The quantitative estimate of drug-likeness (QED) is 0.320. The Balaban J connectivity index is 0.000000775. The summed E-state index contributed by atoms with van der Waals surface area (Å²) in [4.78, 5) is 34.2. The van der Waals surface area contributed by atoms with Gasteiger partial charge < -0.3 is 14.3 Å². The number of ether oxygens (including phenoxy) is 1. The first-order valence-electron chi connectivity index (χ1n) is 13.1. The lowest BCUT2D eigenvalue weighted by Crippen LogP contribution is -2.16. The molecule has 206 valence electrons. The Labute approximate surface area is 221 Å². The van der Waals surface area contributed by atoms with Gasteiger partial charge in [-0.05, 0) is 56.2 Å². The van der Waals surface area contributed by atoms with Crippen molar-refractivity contribution in [3.63, 3.8) is 0 Å². The second kappa shape index (κ2) is 18.9. The minimum atomic E-state index is -0.818. The highest BCUT2D eigenvalue weighted by molar-refractivity contribution is 5.97. The highest BCUT2D eigenvalue weighted by atomic mass is 16.5. The van der Waals surface area contributed by atoms with Crippen LogP contribution in [0, 0.1) is 13.8 Å². The topological polar surface area (TPSA) is 106 Å². The van der Waals surface area contributed by atoms with E-state index in [9.17, 15) is 19.5 Å². The van der Waals surface area contributed by atoms with Crippen molar-refractivity contribution >= 4 is 11.9 Å². The van der Waals surface area contributed by atoms with Crippen LogP contribution in [0.2, 0.25) is 0 Å². The second-order valence-corrected chi connectivity index (χ2v) is 8.51. The number of aromatic hydroxyl groups is 1. The lowest BCUT2D eigenvalue weighted by atomic mass is 10.0. The zero-order valence-corrected chi connectivity index (χ0v) is 23.8. The summed E-state index contributed by atoms with van der Waals surface area (Å²) in [6.45, 7) is 14.0. The summed E-state index contributed by atoms with van der Waals surface area (Å²) >= 11 is 0. The molecule has 0 spiro atoms. The zero-order valence-electron chi connectivity index (χ0n) is 23.8. The van der Waals surface area contributed by atoms with Gasteiger partial charge >= 0.3 is 11.7 Å². The van der Waals surface area contributed by atoms with E-state index in [4.69, 9.17) is 4.42 Å². The van der Waals surface area contributed by atoms with Crippen molar-refractivity contribution in [1.82, 2.24) is 5.32 Å². The molecule has 1 unspecified atom stereocenters. The minimum absolute atomic E-state index is 0.116. The monoisotopic (exact) mass is 515 g/mol. The molecule has 0 aliphatic rings. The largest absolute Gasteiger partial charge is 0.507 e. The average molecular weight is 516 g/mol. The molecule has 0 aliphatic heterocycles. The van der Waals surface area contributed by atoms with Gasteiger partial charge in [0.2, 0.25) is 0 Å². The molecule has 0 radical (unpaired) electrons. The summed E-state index contributed by atoms with van der Waals surface area (Å²) in [5, 5.41) is 12.3. The molecule has 1 aromatic carbocycles. The second-order valence-electron chi connectivity index (χ2n) is 8.51. The van der Waals surface area contributed by atoms with E-state index in [2.05, 4.69) is 49.0 Å². The molecule has 1 aromatic heterocycles. The predicted molar refractivity (Wildman–Crippen MR) is 149 cm³/mol. The van der Waals surface area contributed by atoms with E-state index >= 15 is 0 Å². The number of carbonyl (C=O) groups is 2. The third kappa shape index (κ3) is 12.4. The molecule has 0 fully saturated rings. The van der Waals surface area contributed by atoms with Crippen molar-refractivity contribution in [3.05, 3.63) is 75.0 Å². The molecule has 7 nitrogen and oxygen atoms in total. The summed E-state index contributed by atoms with van der Waals surface area (Å²) in [5.41, 5.74) is 3.19. The van der Waals surface area contributed by atoms with Crippen LogP contribution < -0.4 is 10.9 Å². The van der Waals surface area contributed by atoms with Gasteiger partial charge in [-0.15, -0.1) is 0 Å². The molecule has 0 saturated carbocycles. The van der Waals surface area contributed by atoms with Gasteiger partial charge in [0, 0.05) is 24.6 Å². The molecule has 1 heterocycles. The first-order valence-corrected chi connectivity index (χ1v) is 13.1. The van der Waals surface area contributed by atoms with Crippen LogP contribution in [0.4, 0.5) is 4.79 Å². The molecule has 0 bridgehead atoms. The van der Waals surface area contributed by atoms with Crippen LogP contribution in [0.3, 0.4) is 0 Å². The number of alkyl carbamates (subject to hydrolysis) is 1. The van der Waals surface area contributed by atoms with E-state index in [0.717, 1.165) is 0 Å². The Hall–Kier alpha value is -3.35. The number of rotatable bonds is 10. The molecule has 2 N–H and O–H groups in total. The number of unbranched alkanes of at least 4 members (excludes halogenated alkanes) is 1. The van der Waals surface area contributed by atoms with E-state index in [0.29, 0.717) is 18.6 Å². The molecular formula is C30H45NO6. The maximum atomic E-state index is 11.8. The molecule has 2 rings (SSSR count). The molecule has 0 saturated heterocycles. The highest BCUT2D eigenvalue weighted by Gasteiger charge is 2.19. The summed E-state index contributed by atoms with van der Waals surface area (Å²) < 4.78 is 9.54. The van der Waals surface area contributed by atoms with Crippen molar-refractivity contribution in [2.24, 2.45) is 0 Å². The molecular weight excluding hydrogens is 470 g/mol. The number of methoxy groups -OCH3 is 1. The van der Waals surface area contributed by atoms with Gasteiger partial charge in [0.05, 0.1) is 7.11 Å². The van der Waals surface area contributed by atoms with Crippen molar-refractivity contribution in [1.29, 1.82) is 0 Å². The van der Waals surface area contributed by atoms with E-state index in [1.54, 1.807) is 13.0 Å². The summed E-state index contributed by atoms with van der Waals surface area (Å²) in [6, 6.07) is 8.09. The SMILES string of the molecule is CC.CCC(=O)c1c(O)cc(C(C)CC/C=C/NC(=O)OC)oc1=O.CCCCc1ccc(C)c(C)c1. The Morgan fingerprint density at radius 3 is 2.35 bits per heavy atom. The number of carbonyl (C=O) groups excluding carboxylic acids is 2. The Kier molecular flexibility index (Phi) is 17.1. The first-order chi connectivity index (χ1) is 17.6. The molecule has 37 heavy (non-hydrogen) atoms. The minimum Gasteiger partial charge on any atom is -0.507 e.